The van der Waals surface area contributed by atoms with Gasteiger partial charge in [0.25, 0.3) is 11.8 Å². The van der Waals surface area contributed by atoms with E-state index < -0.39 is 6.17 Å². The third-order valence-corrected chi connectivity index (χ3v) is 7.79. The molecule has 214 valence electrons. The normalized spacial score (nSPS) is 16.3. The fourth-order valence-corrected chi connectivity index (χ4v) is 5.72. The van der Waals surface area contributed by atoms with Crippen LogP contribution in [0, 0.1) is 0 Å². The molecule has 0 bridgehead atoms. The second-order valence-electron chi connectivity index (χ2n) is 10.3. The quantitative estimate of drug-likeness (QED) is 0.292. The molecule has 2 heterocycles. The number of ether oxygens (including phenoxy) is 2. The Morgan fingerprint density at radius 2 is 1.62 bits per heavy atom. The lowest BCUT2D eigenvalue weighted by Gasteiger charge is -2.36. The minimum atomic E-state index is -0.429. The predicted octanol–water partition coefficient (Wildman–Crippen LogP) is 5.83. The van der Waals surface area contributed by atoms with E-state index in [1.54, 1.807) is 12.0 Å². The molecule has 4 aromatic rings. The van der Waals surface area contributed by atoms with Crippen molar-refractivity contribution >= 4 is 28.9 Å². The standard InChI is InChI=1S/C34H34N4O4/c1-3-42-27-17-15-26(16-18-27)38-32(28-11-4-5-12-29(28)34(38)40)35-25-10-8-9-24(23-25)33(39)37-21-19-36(20-22-37)30-13-6-7-14-31(30)41-2/h4-18,23,32,35H,3,19-22H2,1-2H3. The Morgan fingerprint density at radius 1 is 0.881 bits per heavy atom. The van der Waals surface area contributed by atoms with Gasteiger partial charge in [-0.3, -0.25) is 14.5 Å². The van der Waals surface area contributed by atoms with Gasteiger partial charge in [-0.2, -0.15) is 0 Å². The highest BCUT2D eigenvalue weighted by atomic mass is 16.5. The maximum atomic E-state index is 13.6. The average molecular weight is 563 g/mol. The molecule has 1 unspecified atom stereocenters. The molecular formula is C34H34N4O4. The summed E-state index contributed by atoms with van der Waals surface area (Å²) in [5.41, 5.74) is 4.72. The molecule has 0 radical (unpaired) electrons. The van der Waals surface area contributed by atoms with Gasteiger partial charge in [0.1, 0.15) is 17.7 Å². The van der Waals surface area contributed by atoms with Crippen LogP contribution < -0.4 is 24.6 Å². The molecule has 1 fully saturated rings. The molecule has 2 aliphatic rings. The number of nitrogens with one attached hydrogen (secondary N) is 1. The summed E-state index contributed by atoms with van der Waals surface area (Å²) in [6.45, 7) is 5.19. The molecule has 8 nitrogen and oxygen atoms in total. The topological polar surface area (TPSA) is 74.4 Å². The van der Waals surface area contributed by atoms with E-state index in [-0.39, 0.29) is 11.8 Å². The second-order valence-corrected chi connectivity index (χ2v) is 10.3. The first kappa shape index (κ1) is 27.2. The Labute approximate surface area is 246 Å². The van der Waals surface area contributed by atoms with Crippen LogP contribution in [0.3, 0.4) is 0 Å². The Bertz CT molecular complexity index is 1580. The molecule has 4 aromatic carbocycles. The highest BCUT2D eigenvalue weighted by Crippen LogP contribution is 2.38. The van der Waals surface area contributed by atoms with Crippen molar-refractivity contribution in [2.45, 2.75) is 13.1 Å². The van der Waals surface area contributed by atoms with Crippen LogP contribution in [-0.2, 0) is 0 Å². The summed E-state index contributed by atoms with van der Waals surface area (Å²) in [7, 11) is 1.68. The van der Waals surface area contributed by atoms with Crippen LogP contribution in [-0.4, -0.2) is 56.6 Å². The van der Waals surface area contributed by atoms with Gasteiger partial charge >= 0.3 is 0 Å². The van der Waals surface area contributed by atoms with Crippen LogP contribution in [0.2, 0.25) is 0 Å². The number of benzene rings is 4. The second kappa shape index (κ2) is 11.9. The number of hydrogen-bond donors (Lipinski definition) is 1. The van der Waals surface area contributed by atoms with Gasteiger partial charge in [0.05, 0.1) is 19.4 Å². The van der Waals surface area contributed by atoms with Gasteiger partial charge in [0, 0.05) is 54.2 Å². The predicted molar refractivity (Wildman–Crippen MR) is 165 cm³/mol. The summed E-state index contributed by atoms with van der Waals surface area (Å²) in [6.07, 6.45) is -0.429. The van der Waals surface area contributed by atoms with Crippen molar-refractivity contribution in [2.75, 3.05) is 55.0 Å². The van der Waals surface area contributed by atoms with Crippen LogP contribution in [0.15, 0.2) is 97.1 Å². The maximum Gasteiger partial charge on any atom is 0.260 e. The molecule has 1 saturated heterocycles. The maximum absolute atomic E-state index is 13.6. The molecule has 6 rings (SSSR count). The van der Waals surface area contributed by atoms with Crippen molar-refractivity contribution in [3.8, 4) is 11.5 Å². The van der Waals surface area contributed by atoms with Gasteiger partial charge in [-0.05, 0) is 67.6 Å². The number of fused-ring (bicyclic) bond motifs is 1. The Morgan fingerprint density at radius 3 is 2.38 bits per heavy atom. The van der Waals surface area contributed by atoms with Crippen molar-refractivity contribution in [1.82, 2.24) is 4.90 Å². The van der Waals surface area contributed by atoms with Crippen molar-refractivity contribution in [3.63, 3.8) is 0 Å². The lowest BCUT2D eigenvalue weighted by molar-refractivity contribution is 0.0746. The van der Waals surface area contributed by atoms with Gasteiger partial charge in [0.2, 0.25) is 0 Å². The van der Waals surface area contributed by atoms with Crippen molar-refractivity contribution in [2.24, 2.45) is 0 Å². The number of carbonyl (C=O) groups excluding carboxylic acids is 2. The summed E-state index contributed by atoms with van der Waals surface area (Å²) >= 11 is 0. The summed E-state index contributed by atoms with van der Waals surface area (Å²) in [4.78, 5) is 33.0. The smallest absolute Gasteiger partial charge is 0.260 e. The van der Waals surface area contributed by atoms with Gasteiger partial charge in [-0.25, -0.2) is 0 Å². The SMILES string of the molecule is CCOc1ccc(N2C(=O)c3ccccc3C2Nc2cccc(C(=O)N3CCN(c4ccccc4OC)CC3)c2)cc1. The van der Waals surface area contributed by atoms with Gasteiger partial charge in [0.15, 0.2) is 0 Å². The summed E-state index contributed by atoms with van der Waals surface area (Å²) in [6, 6.07) is 30.7. The zero-order chi connectivity index (χ0) is 29.1. The third-order valence-electron chi connectivity index (χ3n) is 7.79. The molecule has 0 spiro atoms. The number of carbonyl (C=O) groups is 2. The van der Waals surface area contributed by atoms with E-state index in [2.05, 4.69) is 10.2 Å². The van der Waals surface area contributed by atoms with Crippen LogP contribution in [0.25, 0.3) is 0 Å². The monoisotopic (exact) mass is 562 g/mol. The van der Waals surface area contributed by atoms with E-state index >= 15 is 0 Å². The summed E-state index contributed by atoms with van der Waals surface area (Å²) in [5.74, 6) is 1.50. The number of anilines is 3. The number of para-hydroxylation sites is 2. The number of amides is 2. The van der Waals surface area contributed by atoms with E-state index in [0.29, 0.717) is 30.8 Å². The molecule has 0 aliphatic carbocycles. The first-order chi connectivity index (χ1) is 20.6. The first-order valence-electron chi connectivity index (χ1n) is 14.3. The number of hydrogen-bond acceptors (Lipinski definition) is 6. The highest BCUT2D eigenvalue weighted by Gasteiger charge is 2.37. The average Bonchev–Trinajstić information content (AvgIpc) is 3.32. The molecule has 1 atom stereocenters. The van der Waals surface area contributed by atoms with Crippen LogP contribution in [0.5, 0.6) is 11.5 Å². The van der Waals surface area contributed by atoms with Crippen LogP contribution in [0.4, 0.5) is 17.1 Å². The van der Waals surface area contributed by atoms with Crippen LogP contribution in [0.1, 0.15) is 39.4 Å². The third kappa shape index (κ3) is 5.23. The van der Waals surface area contributed by atoms with E-state index in [1.807, 2.05) is 109 Å². The fourth-order valence-electron chi connectivity index (χ4n) is 5.72. The Hall–Kier alpha value is -4.98. The van der Waals surface area contributed by atoms with Gasteiger partial charge < -0.3 is 24.6 Å². The number of methoxy groups -OCH3 is 1. The van der Waals surface area contributed by atoms with E-state index in [0.717, 1.165) is 47.2 Å². The zero-order valence-electron chi connectivity index (χ0n) is 23.8. The lowest BCUT2D eigenvalue weighted by atomic mass is 10.1. The minimum Gasteiger partial charge on any atom is -0.495 e. The first-order valence-corrected chi connectivity index (χ1v) is 14.3. The summed E-state index contributed by atoms with van der Waals surface area (Å²) in [5, 5.41) is 3.54. The zero-order valence-corrected chi connectivity index (χ0v) is 23.8. The minimum absolute atomic E-state index is 0.00964. The largest absolute Gasteiger partial charge is 0.495 e. The van der Waals surface area contributed by atoms with E-state index in [9.17, 15) is 9.59 Å². The van der Waals surface area contributed by atoms with Crippen LogP contribution >= 0.6 is 0 Å². The lowest BCUT2D eigenvalue weighted by Crippen LogP contribution is -2.48. The molecular weight excluding hydrogens is 528 g/mol. The van der Waals surface area contributed by atoms with Gasteiger partial charge in [-0.15, -0.1) is 0 Å². The number of rotatable bonds is 8. The van der Waals surface area contributed by atoms with E-state index in [1.165, 1.54) is 0 Å². The molecule has 2 amide bonds. The molecule has 1 N–H and O–H groups in total. The summed E-state index contributed by atoms with van der Waals surface area (Å²) < 4.78 is 11.1. The fraction of sp³-hybridized carbons (Fsp3) is 0.235. The van der Waals surface area contributed by atoms with Crippen molar-refractivity contribution in [3.05, 3.63) is 114 Å². The van der Waals surface area contributed by atoms with E-state index in [4.69, 9.17) is 9.47 Å². The number of piperazine rings is 1. The highest BCUT2D eigenvalue weighted by molar-refractivity contribution is 6.11. The molecule has 0 saturated carbocycles. The molecule has 8 heteroatoms. The Kier molecular flexibility index (Phi) is 7.68. The Balaban J connectivity index is 1.20. The molecule has 42 heavy (non-hydrogen) atoms. The number of nitrogens with zero attached hydrogens (tertiary/aromatic N) is 3. The van der Waals surface area contributed by atoms with Gasteiger partial charge in [-0.1, -0.05) is 36.4 Å². The van der Waals surface area contributed by atoms with Crippen molar-refractivity contribution < 1.29 is 19.1 Å². The van der Waals surface area contributed by atoms with Crippen molar-refractivity contribution in [1.29, 1.82) is 0 Å². The molecule has 0 aromatic heterocycles. The molecule has 2 aliphatic heterocycles.